The van der Waals surface area contributed by atoms with E-state index >= 15 is 0 Å². The zero-order valence-corrected chi connectivity index (χ0v) is 24.5. The Kier molecular flexibility index (Phi) is 6.79. The van der Waals surface area contributed by atoms with Crippen molar-refractivity contribution in [3.8, 4) is 0 Å². The Bertz CT molecular complexity index is 1080. The van der Waals surface area contributed by atoms with Crippen LogP contribution < -0.4 is 0 Å². The molecule has 37 heavy (non-hydrogen) atoms. The minimum atomic E-state index is -1.03. The monoisotopic (exact) mass is 512 g/mol. The first-order chi connectivity index (χ1) is 17.0. The van der Waals surface area contributed by atoms with E-state index in [4.69, 9.17) is 4.74 Å². The van der Waals surface area contributed by atoms with E-state index in [2.05, 4.69) is 48.5 Å². The summed E-state index contributed by atoms with van der Waals surface area (Å²) >= 11 is 0. The molecule has 0 bridgehead atoms. The minimum Gasteiger partial charge on any atom is -0.466 e. The van der Waals surface area contributed by atoms with Gasteiger partial charge in [-0.15, -0.1) is 0 Å². The second-order valence-electron chi connectivity index (χ2n) is 14.2. The number of aliphatic hydroxyl groups is 1. The minimum absolute atomic E-state index is 0.118. The number of fused-ring (bicyclic) bond motifs is 4. The summed E-state index contributed by atoms with van der Waals surface area (Å²) in [4.78, 5) is 38.6. The third kappa shape index (κ3) is 3.77. The number of carbonyl (C=O) groups is 3. The molecule has 0 saturated heterocycles. The predicted octanol–water partition coefficient (Wildman–Crippen LogP) is 6.38. The van der Waals surface area contributed by atoms with E-state index in [1.165, 1.54) is 7.11 Å². The molecule has 4 aliphatic rings. The first-order valence-corrected chi connectivity index (χ1v) is 14.3. The van der Waals surface area contributed by atoms with Gasteiger partial charge in [0.25, 0.3) is 0 Å². The highest BCUT2D eigenvalue weighted by Gasteiger charge is 2.69. The number of allylic oxidation sites excluding steroid dienone is 2. The first kappa shape index (κ1) is 28.3. The highest BCUT2D eigenvalue weighted by atomic mass is 16.5. The van der Waals surface area contributed by atoms with Crippen molar-refractivity contribution in [2.45, 2.75) is 112 Å². The van der Waals surface area contributed by atoms with Gasteiger partial charge in [-0.25, -0.2) is 4.79 Å². The summed E-state index contributed by atoms with van der Waals surface area (Å²) in [7, 11) is 1.40. The molecule has 0 aromatic rings. The fraction of sp³-hybridized carbons (Fsp3) is 0.781. The SMILES string of the molecule is COC(=O)/C(C)=C/[C@H](C)C[C@@H](C)[C@]1(C)CC(=O)C2=C3CC[C@H]4C(C)(C)C(=O)CC[C@]4(C)[C@@]3(O)CC[C@]21C. The molecule has 3 fully saturated rings. The van der Waals surface area contributed by atoms with Crippen molar-refractivity contribution >= 4 is 17.5 Å². The number of rotatable bonds is 5. The van der Waals surface area contributed by atoms with Crippen LogP contribution in [0.15, 0.2) is 22.8 Å². The lowest BCUT2D eigenvalue weighted by atomic mass is 9.41. The van der Waals surface area contributed by atoms with E-state index in [1.807, 2.05) is 6.08 Å². The van der Waals surface area contributed by atoms with Crippen LogP contribution in [0.3, 0.4) is 0 Å². The number of esters is 1. The van der Waals surface area contributed by atoms with E-state index < -0.39 is 16.4 Å². The van der Waals surface area contributed by atoms with Crippen molar-refractivity contribution < 1.29 is 24.2 Å². The van der Waals surface area contributed by atoms with Crippen molar-refractivity contribution in [2.24, 2.45) is 39.4 Å². The topological polar surface area (TPSA) is 80.7 Å². The molecule has 1 N–H and O–H groups in total. The number of ketones is 2. The Balaban J connectivity index is 1.71. The van der Waals surface area contributed by atoms with Gasteiger partial charge in [-0.1, -0.05) is 54.5 Å². The molecule has 0 aromatic carbocycles. The number of ether oxygens (including phenoxy) is 1. The van der Waals surface area contributed by atoms with Crippen LogP contribution in [0.5, 0.6) is 0 Å². The molecule has 206 valence electrons. The Hall–Kier alpha value is -1.75. The summed E-state index contributed by atoms with van der Waals surface area (Å²) in [6.07, 6.45) is 7.51. The fourth-order valence-electron chi connectivity index (χ4n) is 9.46. The summed E-state index contributed by atoms with van der Waals surface area (Å²) in [5.41, 5.74) is 0.102. The van der Waals surface area contributed by atoms with Gasteiger partial charge in [0.15, 0.2) is 5.78 Å². The van der Waals surface area contributed by atoms with Crippen LogP contribution in [0, 0.1) is 39.4 Å². The third-order valence-electron chi connectivity index (χ3n) is 12.1. The maximum atomic E-state index is 13.9. The summed E-state index contributed by atoms with van der Waals surface area (Å²) in [6, 6.07) is 0. The summed E-state index contributed by atoms with van der Waals surface area (Å²) in [5, 5.41) is 12.5. The highest BCUT2D eigenvalue weighted by Crippen LogP contribution is 2.71. The van der Waals surface area contributed by atoms with Gasteiger partial charge in [0.2, 0.25) is 0 Å². The molecule has 0 aliphatic heterocycles. The maximum Gasteiger partial charge on any atom is 0.333 e. The largest absolute Gasteiger partial charge is 0.466 e. The molecule has 0 spiro atoms. The lowest BCUT2D eigenvalue weighted by Gasteiger charge is -2.64. The van der Waals surface area contributed by atoms with Gasteiger partial charge in [0.05, 0.1) is 12.7 Å². The van der Waals surface area contributed by atoms with Gasteiger partial charge < -0.3 is 9.84 Å². The van der Waals surface area contributed by atoms with Gasteiger partial charge in [-0.3, -0.25) is 9.59 Å². The molecule has 0 radical (unpaired) electrons. The molecule has 0 amide bonds. The Morgan fingerprint density at radius 3 is 2.35 bits per heavy atom. The number of hydrogen-bond acceptors (Lipinski definition) is 5. The molecule has 4 aliphatic carbocycles. The van der Waals surface area contributed by atoms with Crippen molar-refractivity contribution in [1.29, 1.82) is 0 Å². The van der Waals surface area contributed by atoms with Crippen LogP contribution in [0.2, 0.25) is 0 Å². The van der Waals surface area contributed by atoms with E-state index in [0.29, 0.717) is 43.5 Å². The molecular formula is C32H48O5. The highest BCUT2D eigenvalue weighted by molar-refractivity contribution is 6.01. The summed E-state index contributed by atoms with van der Waals surface area (Å²) in [5.74, 6) is 0.752. The van der Waals surface area contributed by atoms with Crippen LogP contribution in [0.4, 0.5) is 0 Å². The average molecular weight is 513 g/mol. The molecule has 0 unspecified atom stereocenters. The van der Waals surface area contributed by atoms with Crippen LogP contribution in [0.1, 0.15) is 107 Å². The number of methoxy groups -OCH3 is 1. The molecule has 3 saturated carbocycles. The van der Waals surface area contributed by atoms with E-state index in [0.717, 1.165) is 30.4 Å². The zero-order valence-electron chi connectivity index (χ0n) is 24.5. The second kappa shape index (κ2) is 8.89. The fourth-order valence-corrected chi connectivity index (χ4v) is 9.46. The molecule has 5 nitrogen and oxygen atoms in total. The summed E-state index contributed by atoms with van der Waals surface area (Å²) in [6.45, 7) is 17.0. The first-order valence-electron chi connectivity index (χ1n) is 14.3. The van der Waals surface area contributed by atoms with Gasteiger partial charge in [0.1, 0.15) is 5.78 Å². The van der Waals surface area contributed by atoms with Gasteiger partial charge >= 0.3 is 5.97 Å². The summed E-state index contributed by atoms with van der Waals surface area (Å²) < 4.78 is 4.86. The van der Waals surface area contributed by atoms with Gasteiger partial charge in [-0.2, -0.15) is 0 Å². The van der Waals surface area contributed by atoms with E-state index in [-0.39, 0.29) is 40.3 Å². The lowest BCUT2D eigenvalue weighted by molar-refractivity contribution is -0.177. The molecule has 5 heteroatoms. The van der Waals surface area contributed by atoms with Crippen molar-refractivity contribution in [3.63, 3.8) is 0 Å². The van der Waals surface area contributed by atoms with Crippen LogP contribution in [0.25, 0.3) is 0 Å². The molecule has 0 heterocycles. The smallest absolute Gasteiger partial charge is 0.333 e. The maximum absolute atomic E-state index is 13.9. The Morgan fingerprint density at radius 1 is 1.08 bits per heavy atom. The third-order valence-corrected chi connectivity index (χ3v) is 12.1. The van der Waals surface area contributed by atoms with Crippen LogP contribution in [-0.4, -0.2) is 35.4 Å². The predicted molar refractivity (Wildman–Crippen MR) is 145 cm³/mol. The molecular weight excluding hydrogens is 464 g/mol. The normalized spacial score (nSPS) is 41.0. The standard InChI is InChI=1S/C32H48O5/c1-19(16-20(2)27(35)37-9)17-21(3)31(8)18-23(33)26-22-10-11-24-28(4,5)25(34)12-13-29(24,6)32(22,36)15-14-30(26,31)7/h16,19,21,24,36H,10-15,17-18H2,1-9H3/b20-16+/t19-,21+,24-,29-,30+,31-,32+/m0/s1. The van der Waals surface area contributed by atoms with Crippen molar-refractivity contribution in [2.75, 3.05) is 7.11 Å². The molecule has 7 atom stereocenters. The quantitative estimate of drug-likeness (QED) is 0.341. The Labute approximate surface area is 223 Å². The zero-order chi connectivity index (χ0) is 27.8. The van der Waals surface area contributed by atoms with Crippen molar-refractivity contribution in [1.82, 2.24) is 0 Å². The van der Waals surface area contributed by atoms with Crippen LogP contribution >= 0.6 is 0 Å². The molecule has 0 aromatic heterocycles. The van der Waals surface area contributed by atoms with Crippen LogP contribution in [-0.2, 0) is 19.1 Å². The number of Topliss-reactive ketones (excluding diaryl/α,β-unsaturated/α-hetero) is 2. The van der Waals surface area contributed by atoms with Crippen molar-refractivity contribution in [3.05, 3.63) is 22.8 Å². The van der Waals surface area contributed by atoms with Gasteiger partial charge in [-0.05, 0) is 74.2 Å². The number of hydrogen-bond donors (Lipinski definition) is 1. The van der Waals surface area contributed by atoms with E-state index in [1.54, 1.807) is 6.92 Å². The Morgan fingerprint density at radius 2 is 1.73 bits per heavy atom. The number of carbonyl (C=O) groups excluding carboxylic acids is 3. The second-order valence-corrected chi connectivity index (χ2v) is 14.2. The van der Waals surface area contributed by atoms with Gasteiger partial charge in [0, 0.05) is 40.2 Å². The average Bonchev–Trinajstić information content (AvgIpc) is 3.02. The lowest BCUT2D eigenvalue weighted by Crippen LogP contribution is -2.64. The van der Waals surface area contributed by atoms with E-state index in [9.17, 15) is 19.5 Å². The molecule has 4 rings (SSSR count).